The maximum atomic E-state index is 13.2. The van der Waals surface area contributed by atoms with Crippen LogP contribution in [0.15, 0.2) is 45.8 Å². The molecule has 1 saturated heterocycles. The average molecular weight is 483 g/mol. The van der Waals surface area contributed by atoms with Crippen molar-refractivity contribution in [3.63, 3.8) is 0 Å². The minimum atomic E-state index is -3.72. The van der Waals surface area contributed by atoms with Crippen LogP contribution < -0.4 is 4.90 Å². The summed E-state index contributed by atoms with van der Waals surface area (Å²) >= 11 is 3.37. The van der Waals surface area contributed by atoms with Crippen LogP contribution in [0.2, 0.25) is 0 Å². The molecule has 0 spiro atoms. The topological polar surface area (TPSA) is 66.9 Å². The molecule has 2 aliphatic heterocycles. The minimum absolute atomic E-state index is 0.107. The maximum Gasteiger partial charge on any atom is 0.244 e. The van der Waals surface area contributed by atoms with Gasteiger partial charge in [-0.3, -0.25) is 4.79 Å². The summed E-state index contributed by atoms with van der Waals surface area (Å²) in [5.41, 5.74) is 2.31. The molecule has 4 rings (SSSR count). The molecule has 2 heterocycles. The molecule has 0 unspecified atom stereocenters. The number of carbonyl (C=O) groups excluding carboxylic acids is 1. The first-order chi connectivity index (χ1) is 13.8. The van der Waals surface area contributed by atoms with Gasteiger partial charge in [-0.15, -0.1) is 0 Å². The van der Waals surface area contributed by atoms with Crippen molar-refractivity contribution in [2.24, 2.45) is 0 Å². The van der Waals surface area contributed by atoms with Gasteiger partial charge in [-0.25, -0.2) is 12.8 Å². The number of amides is 1. The van der Waals surface area contributed by atoms with Gasteiger partial charge in [-0.05, 0) is 57.7 Å². The van der Waals surface area contributed by atoms with E-state index in [1.807, 2.05) is 0 Å². The molecule has 2 aliphatic rings. The van der Waals surface area contributed by atoms with E-state index in [9.17, 15) is 17.6 Å². The normalized spacial score (nSPS) is 17.3. The molecule has 2 aromatic carbocycles. The molecule has 0 atom stereocenters. The molecule has 2 aromatic rings. The lowest BCUT2D eigenvalue weighted by Gasteiger charge is -2.38. The van der Waals surface area contributed by atoms with Crippen LogP contribution in [0.1, 0.15) is 18.1 Å². The predicted octanol–water partition coefficient (Wildman–Crippen LogP) is 3.09. The number of nitrogens with zero attached hydrogens (tertiary/aromatic N) is 2. The number of sulfonamides is 1. The van der Waals surface area contributed by atoms with Gasteiger partial charge in [0.15, 0.2) is 0 Å². The van der Waals surface area contributed by atoms with Crippen molar-refractivity contribution in [3.8, 4) is 0 Å². The van der Waals surface area contributed by atoms with E-state index >= 15 is 0 Å². The molecule has 1 amide bonds. The van der Waals surface area contributed by atoms with Crippen molar-refractivity contribution < 1.29 is 22.3 Å². The van der Waals surface area contributed by atoms with Gasteiger partial charge in [-0.1, -0.05) is 12.1 Å². The number of carbonyl (C=O) groups is 1. The molecule has 29 heavy (non-hydrogen) atoms. The zero-order valence-corrected chi connectivity index (χ0v) is 18.2. The molecule has 0 radical (unpaired) electrons. The molecular formula is C20H20BrFN2O4S. The van der Waals surface area contributed by atoms with Crippen LogP contribution in [0.4, 0.5) is 10.1 Å². The van der Waals surface area contributed by atoms with E-state index in [0.717, 1.165) is 5.56 Å². The summed E-state index contributed by atoms with van der Waals surface area (Å²) in [6.07, 6.45) is 0.461. The highest BCUT2D eigenvalue weighted by atomic mass is 79.9. The molecule has 0 saturated carbocycles. The number of ether oxygens (including phenoxy) is 1. The smallest absolute Gasteiger partial charge is 0.244 e. The van der Waals surface area contributed by atoms with Crippen molar-refractivity contribution in [3.05, 3.63) is 57.8 Å². The van der Waals surface area contributed by atoms with E-state index in [0.29, 0.717) is 28.7 Å². The highest BCUT2D eigenvalue weighted by Crippen LogP contribution is 2.37. The summed E-state index contributed by atoms with van der Waals surface area (Å²) in [5, 5.41) is 0. The zero-order chi connectivity index (χ0) is 20.8. The average Bonchev–Trinajstić information content (AvgIpc) is 3.02. The van der Waals surface area contributed by atoms with Gasteiger partial charge in [0, 0.05) is 36.7 Å². The Balaban J connectivity index is 1.45. The number of anilines is 1. The Morgan fingerprint density at radius 2 is 2.03 bits per heavy atom. The fourth-order valence-corrected chi connectivity index (χ4v) is 6.17. The van der Waals surface area contributed by atoms with Gasteiger partial charge < -0.3 is 9.64 Å². The minimum Gasteiger partial charge on any atom is -0.371 e. The summed E-state index contributed by atoms with van der Waals surface area (Å²) in [5.74, 6) is -0.436. The first-order valence-corrected chi connectivity index (χ1v) is 11.5. The Labute approximate surface area is 177 Å². The third-order valence-electron chi connectivity index (χ3n) is 5.22. The summed E-state index contributed by atoms with van der Waals surface area (Å²) in [7, 11) is -3.72. The van der Waals surface area contributed by atoms with Gasteiger partial charge >= 0.3 is 0 Å². The van der Waals surface area contributed by atoms with E-state index in [4.69, 9.17) is 4.74 Å². The molecule has 0 aromatic heterocycles. The number of hydrogen-bond acceptors (Lipinski definition) is 4. The van der Waals surface area contributed by atoms with Crippen molar-refractivity contribution in [2.45, 2.75) is 31.0 Å². The molecule has 154 valence electrons. The molecule has 6 nitrogen and oxygen atoms in total. The van der Waals surface area contributed by atoms with Crippen LogP contribution in [0.3, 0.4) is 0 Å². The number of hydrogen-bond donors (Lipinski definition) is 0. The fraction of sp³-hybridized carbons (Fsp3) is 0.350. The standard InChI is InChI=1S/C20H20BrFN2O4S/c1-13(25)24-6-5-15-8-18(21)20(9-19(15)24)29(26,27)23-10-17(11-23)28-12-14-3-2-4-16(22)7-14/h2-4,7-9,17H,5-6,10-12H2,1H3. The Kier molecular flexibility index (Phi) is 5.50. The van der Waals surface area contributed by atoms with Crippen molar-refractivity contribution in [2.75, 3.05) is 24.5 Å². The van der Waals surface area contributed by atoms with Crippen LogP contribution >= 0.6 is 15.9 Å². The quantitative estimate of drug-likeness (QED) is 0.656. The van der Waals surface area contributed by atoms with Gasteiger partial charge in [-0.2, -0.15) is 4.31 Å². The zero-order valence-electron chi connectivity index (χ0n) is 15.8. The second-order valence-electron chi connectivity index (χ2n) is 7.22. The monoisotopic (exact) mass is 482 g/mol. The van der Waals surface area contributed by atoms with Crippen LogP contribution in [-0.4, -0.2) is 44.4 Å². The number of fused-ring (bicyclic) bond motifs is 1. The lowest BCUT2D eigenvalue weighted by Crippen LogP contribution is -2.54. The lowest BCUT2D eigenvalue weighted by molar-refractivity contribution is -0.116. The molecule has 1 fully saturated rings. The third-order valence-corrected chi connectivity index (χ3v) is 8.01. The molecule has 0 N–H and O–H groups in total. The van der Waals surface area contributed by atoms with Crippen LogP contribution in [0.25, 0.3) is 0 Å². The van der Waals surface area contributed by atoms with E-state index in [-0.39, 0.29) is 42.4 Å². The van der Waals surface area contributed by atoms with E-state index < -0.39 is 10.0 Å². The first-order valence-electron chi connectivity index (χ1n) is 9.22. The Morgan fingerprint density at radius 1 is 1.28 bits per heavy atom. The molecular weight excluding hydrogens is 463 g/mol. The molecule has 0 bridgehead atoms. The summed E-state index contributed by atoms with van der Waals surface area (Å²) < 4.78 is 46.9. The fourth-order valence-electron chi connectivity index (χ4n) is 3.60. The number of benzene rings is 2. The predicted molar refractivity (Wildman–Crippen MR) is 110 cm³/mol. The summed E-state index contributed by atoms with van der Waals surface area (Å²) in [4.78, 5) is 13.6. The second-order valence-corrected chi connectivity index (χ2v) is 9.98. The maximum absolute atomic E-state index is 13.2. The second kappa shape index (κ2) is 7.79. The van der Waals surface area contributed by atoms with Crippen LogP contribution in [-0.2, 0) is 32.6 Å². The Hall–Kier alpha value is -1.81. The largest absolute Gasteiger partial charge is 0.371 e. The Morgan fingerprint density at radius 3 is 2.72 bits per heavy atom. The van der Waals surface area contributed by atoms with E-state index in [1.54, 1.807) is 29.2 Å². The van der Waals surface area contributed by atoms with Gasteiger partial charge in [0.25, 0.3) is 0 Å². The van der Waals surface area contributed by atoms with Gasteiger partial charge in [0.05, 0.1) is 17.6 Å². The highest BCUT2D eigenvalue weighted by molar-refractivity contribution is 9.10. The number of rotatable bonds is 5. The van der Waals surface area contributed by atoms with Crippen molar-refractivity contribution in [1.82, 2.24) is 4.31 Å². The van der Waals surface area contributed by atoms with Crippen LogP contribution in [0, 0.1) is 5.82 Å². The Bertz CT molecular complexity index is 1070. The SMILES string of the molecule is CC(=O)N1CCc2cc(Br)c(S(=O)(=O)N3CC(OCc4cccc(F)c4)C3)cc21. The van der Waals surface area contributed by atoms with E-state index in [1.165, 1.54) is 23.4 Å². The molecule has 0 aliphatic carbocycles. The highest BCUT2D eigenvalue weighted by Gasteiger charge is 2.39. The summed E-state index contributed by atoms with van der Waals surface area (Å²) in [6.45, 7) is 2.73. The van der Waals surface area contributed by atoms with Gasteiger partial charge in [0.1, 0.15) is 5.82 Å². The van der Waals surface area contributed by atoms with Crippen LogP contribution in [0.5, 0.6) is 0 Å². The van der Waals surface area contributed by atoms with E-state index in [2.05, 4.69) is 15.9 Å². The number of halogens is 2. The first kappa shape index (κ1) is 20.5. The third kappa shape index (κ3) is 3.96. The lowest BCUT2D eigenvalue weighted by atomic mass is 10.2. The summed E-state index contributed by atoms with van der Waals surface area (Å²) in [6, 6.07) is 9.49. The van der Waals surface area contributed by atoms with Gasteiger partial charge in [0.2, 0.25) is 15.9 Å². The molecule has 9 heteroatoms. The van der Waals surface area contributed by atoms with Crippen molar-refractivity contribution >= 4 is 37.5 Å². The van der Waals surface area contributed by atoms with Crippen molar-refractivity contribution in [1.29, 1.82) is 0 Å².